The zero-order valence-electron chi connectivity index (χ0n) is 19.4. The molecule has 4 atom stereocenters. The molecule has 0 aromatic heterocycles. The van der Waals surface area contributed by atoms with Crippen LogP contribution in [0.2, 0.25) is 0 Å². The third-order valence-electron chi connectivity index (χ3n) is 7.13. The van der Waals surface area contributed by atoms with Gasteiger partial charge in [-0.15, -0.1) is 0 Å². The Kier molecular flexibility index (Phi) is 8.65. The standard InChI is InChI=1S/C22H30O.C3H8.C2H6/c1-4-13-23-17-7-9-18-16(14-17)6-8-20-19(18)11-12-22(3)15(2)5-10-21(20)22;1-3-2;1-2/h7,9,14,19-21H,2,4-6,8,10-13H2,1,3H3;3H2,1-2H3;1-2H3. The summed E-state index contributed by atoms with van der Waals surface area (Å²) in [6.45, 7) is 18.2. The third-order valence-corrected chi connectivity index (χ3v) is 7.13. The van der Waals surface area contributed by atoms with Crippen molar-refractivity contribution >= 4 is 0 Å². The van der Waals surface area contributed by atoms with Crippen molar-refractivity contribution in [2.45, 2.75) is 98.8 Å². The van der Waals surface area contributed by atoms with E-state index in [9.17, 15) is 0 Å². The second-order valence-corrected chi connectivity index (χ2v) is 8.93. The largest absolute Gasteiger partial charge is 0.494 e. The molecule has 3 aliphatic rings. The summed E-state index contributed by atoms with van der Waals surface area (Å²) in [4.78, 5) is 0. The molecule has 0 bridgehead atoms. The molecular formula is C27H44O. The average molecular weight is 385 g/mol. The Morgan fingerprint density at radius 1 is 1.07 bits per heavy atom. The third kappa shape index (κ3) is 4.50. The predicted octanol–water partition coefficient (Wildman–Crippen LogP) is 8.33. The quantitative estimate of drug-likeness (QED) is 0.476. The van der Waals surface area contributed by atoms with Crippen LogP contribution >= 0.6 is 0 Å². The Balaban J connectivity index is 0.000000514. The van der Waals surface area contributed by atoms with Gasteiger partial charge >= 0.3 is 0 Å². The number of ether oxygens (including phenoxy) is 1. The van der Waals surface area contributed by atoms with Crippen LogP contribution in [-0.4, -0.2) is 6.61 Å². The van der Waals surface area contributed by atoms with Crippen LogP contribution in [0.3, 0.4) is 0 Å². The first-order valence-electron chi connectivity index (χ1n) is 12.0. The highest BCUT2D eigenvalue weighted by atomic mass is 16.5. The summed E-state index contributed by atoms with van der Waals surface area (Å²) < 4.78 is 5.85. The highest BCUT2D eigenvalue weighted by Crippen LogP contribution is 2.62. The van der Waals surface area contributed by atoms with Gasteiger partial charge in [-0.05, 0) is 91.4 Å². The van der Waals surface area contributed by atoms with E-state index in [2.05, 4.69) is 52.5 Å². The zero-order valence-corrected chi connectivity index (χ0v) is 19.4. The van der Waals surface area contributed by atoms with E-state index in [4.69, 9.17) is 4.74 Å². The van der Waals surface area contributed by atoms with Gasteiger partial charge in [0.15, 0.2) is 0 Å². The van der Waals surface area contributed by atoms with Crippen molar-refractivity contribution in [1.29, 1.82) is 0 Å². The Labute approximate surface area is 175 Å². The van der Waals surface area contributed by atoms with Crippen molar-refractivity contribution in [2.24, 2.45) is 17.3 Å². The van der Waals surface area contributed by atoms with Crippen LogP contribution in [0.15, 0.2) is 30.4 Å². The lowest BCUT2D eigenvalue weighted by Crippen LogP contribution is -2.40. The first kappa shape index (κ1) is 23.0. The lowest BCUT2D eigenvalue weighted by Gasteiger charge is -2.49. The number of hydrogen-bond acceptors (Lipinski definition) is 1. The number of aryl methyl sites for hydroxylation is 1. The summed E-state index contributed by atoms with van der Waals surface area (Å²) in [7, 11) is 0. The minimum absolute atomic E-state index is 0.433. The molecule has 0 aliphatic heterocycles. The van der Waals surface area contributed by atoms with Gasteiger partial charge in [0, 0.05) is 0 Å². The van der Waals surface area contributed by atoms with Gasteiger partial charge in [-0.2, -0.15) is 0 Å². The Morgan fingerprint density at radius 3 is 2.46 bits per heavy atom. The minimum Gasteiger partial charge on any atom is -0.494 e. The maximum atomic E-state index is 5.85. The summed E-state index contributed by atoms with van der Waals surface area (Å²) in [6, 6.07) is 6.91. The van der Waals surface area contributed by atoms with Crippen molar-refractivity contribution in [3.63, 3.8) is 0 Å². The topological polar surface area (TPSA) is 9.23 Å². The van der Waals surface area contributed by atoms with Gasteiger partial charge in [0.2, 0.25) is 0 Å². The van der Waals surface area contributed by atoms with Crippen molar-refractivity contribution in [1.82, 2.24) is 0 Å². The van der Waals surface area contributed by atoms with Crippen molar-refractivity contribution in [3.05, 3.63) is 41.5 Å². The first-order valence-corrected chi connectivity index (χ1v) is 12.0. The molecule has 0 saturated heterocycles. The number of fused-ring (bicyclic) bond motifs is 5. The predicted molar refractivity (Wildman–Crippen MR) is 123 cm³/mol. The molecule has 1 nitrogen and oxygen atoms in total. The molecule has 0 N–H and O–H groups in total. The fourth-order valence-corrected chi connectivity index (χ4v) is 5.78. The second kappa shape index (κ2) is 10.5. The second-order valence-electron chi connectivity index (χ2n) is 8.93. The number of allylic oxidation sites excluding steroid dienone is 1. The van der Waals surface area contributed by atoms with Gasteiger partial charge in [0.1, 0.15) is 5.75 Å². The summed E-state index contributed by atoms with van der Waals surface area (Å²) >= 11 is 0. The van der Waals surface area contributed by atoms with Crippen LogP contribution in [0.4, 0.5) is 0 Å². The van der Waals surface area contributed by atoms with E-state index in [1.165, 1.54) is 50.5 Å². The fourth-order valence-electron chi connectivity index (χ4n) is 5.78. The van der Waals surface area contributed by atoms with E-state index in [0.717, 1.165) is 36.5 Å². The zero-order chi connectivity index (χ0) is 20.7. The SMILES string of the molecule is C=C1CCC2C3CCc4cc(OCCC)ccc4C3CCC12C.CC.CCC. The monoisotopic (exact) mass is 384 g/mol. The van der Waals surface area contributed by atoms with E-state index in [-0.39, 0.29) is 0 Å². The molecule has 1 aromatic rings. The van der Waals surface area contributed by atoms with Crippen LogP contribution in [0.1, 0.15) is 104 Å². The van der Waals surface area contributed by atoms with E-state index in [1.54, 1.807) is 11.1 Å². The Morgan fingerprint density at radius 2 is 1.79 bits per heavy atom. The summed E-state index contributed by atoms with van der Waals surface area (Å²) in [5.41, 5.74) is 5.16. The minimum atomic E-state index is 0.433. The van der Waals surface area contributed by atoms with Gasteiger partial charge < -0.3 is 4.74 Å². The molecule has 4 rings (SSSR count). The van der Waals surface area contributed by atoms with Gasteiger partial charge in [-0.1, -0.05) is 66.2 Å². The number of benzene rings is 1. The maximum absolute atomic E-state index is 5.85. The van der Waals surface area contributed by atoms with Gasteiger partial charge in [-0.25, -0.2) is 0 Å². The lowest BCUT2D eigenvalue weighted by atomic mass is 9.55. The van der Waals surface area contributed by atoms with Gasteiger partial charge in [-0.3, -0.25) is 0 Å². The number of rotatable bonds is 3. The van der Waals surface area contributed by atoms with Crippen LogP contribution in [0.25, 0.3) is 0 Å². The smallest absolute Gasteiger partial charge is 0.119 e. The van der Waals surface area contributed by atoms with Crippen LogP contribution in [-0.2, 0) is 6.42 Å². The highest BCUT2D eigenvalue weighted by molar-refractivity contribution is 5.41. The van der Waals surface area contributed by atoms with E-state index in [0.29, 0.717) is 5.41 Å². The molecule has 3 aliphatic carbocycles. The van der Waals surface area contributed by atoms with Crippen LogP contribution in [0, 0.1) is 17.3 Å². The van der Waals surface area contributed by atoms with Crippen LogP contribution in [0.5, 0.6) is 5.75 Å². The molecule has 2 fully saturated rings. The highest BCUT2D eigenvalue weighted by Gasteiger charge is 2.51. The molecule has 0 heterocycles. The van der Waals surface area contributed by atoms with Crippen molar-refractivity contribution in [2.75, 3.05) is 6.61 Å². The number of hydrogen-bond donors (Lipinski definition) is 0. The van der Waals surface area contributed by atoms with E-state index in [1.807, 2.05) is 13.8 Å². The summed E-state index contributed by atoms with van der Waals surface area (Å²) in [6.07, 6.45) is 10.3. The summed E-state index contributed by atoms with van der Waals surface area (Å²) in [5, 5.41) is 0. The first-order chi connectivity index (χ1) is 13.5. The van der Waals surface area contributed by atoms with Crippen molar-refractivity contribution in [3.8, 4) is 5.75 Å². The molecule has 0 amide bonds. The molecular weight excluding hydrogens is 340 g/mol. The van der Waals surface area contributed by atoms with E-state index >= 15 is 0 Å². The fraction of sp³-hybridized carbons (Fsp3) is 0.704. The molecule has 28 heavy (non-hydrogen) atoms. The van der Waals surface area contributed by atoms with Gasteiger partial charge in [0.25, 0.3) is 0 Å². The molecule has 2 saturated carbocycles. The van der Waals surface area contributed by atoms with Crippen molar-refractivity contribution < 1.29 is 4.74 Å². The molecule has 1 aromatic carbocycles. The molecule has 1 heteroatoms. The normalized spacial score (nSPS) is 29.9. The Bertz CT molecular complexity index is 631. The lowest BCUT2D eigenvalue weighted by molar-refractivity contribution is 0.0816. The molecule has 0 spiro atoms. The average Bonchev–Trinajstić information content (AvgIpc) is 3.03. The van der Waals surface area contributed by atoms with E-state index < -0.39 is 0 Å². The molecule has 4 unspecified atom stereocenters. The molecule has 158 valence electrons. The van der Waals surface area contributed by atoms with Crippen LogP contribution < -0.4 is 4.74 Å². The van der Waals surface area contributed by atoms with Gasteiger partial charge in [0.05, 0.1) is 6.61 Å². The maximum Gasteiger partial charge on any atom is 0.119 e. The Hall–Kier alpha value is -1.24. The summed E-state index contributed by atoms with van der Waals surface area (Å²) in [5.74, 6) is 3.60. The molecule has 0 radical (unpaired) electrons.